The van der Waals surface area contributed by atoms with E-state index in [4.69, 9.17) is 11.6 Å². The molecule has 0 saturated heterocycles. The lowest BCUT2D eigenvalue weighted by molar-refractivity contribution is 0.912. The summed E-state index contributed by atoms with van der Waals surface area (Å²) in [4.78, 5) is 3.97. The minimum atomic E-state index is 0.493. The van der Waals surface area contributed by atoms with Gasteiger partial charge in [0.15, 0.2) is 0 Å². The molecule has 0 atom stereocenters. The number of allylic oxidation sites excluding steroid dienone is 1. The zero-order valence-corrected chi connectivity index (χ0v) is 11.7. The lowest BCUT2D eigenvalue weighted by Crippen LogP contribution is -1.89. The highest BCUT2D eigenvalue weighted by atomic mass is 35.5. The third-order valence-electron chi connectivity index (χ3n) is 3.65. The average Bonchev–Trinajstić information content (AvgIpc) is 2.96. The maximum Gasteiger partial charge on any atom is 0.101 e. The van der Waals surface area contributed by atoms with Gasteiger partial charge in [0.05, 0.1) is 10.6 Å². The Morgan fingerprint density at radius 3 is 2.55 bits per heavy atom. The minimum Gasteiger partial charge on any atom is -0.265 e. The molecule has 0 amide bonds. The van der Waals surface area contributed by atoms with E-state index in [2.05, 4.69) is 23.2 Å². The third-order valence-corrected chi connectivity index (χ3v) is 4.06. The van der Waals surface area contributed by atoms with E-state index in [9.17, 15) is 5.26 Å². The monoisotopic (exact) mass is 280 g/mol. The van der Waals surface area contributed by atoms with Crippen LogP contribution in [0.2, 0.25) is 0 Å². The smallest absolute Gasteiger partial charge is 0.101 e. The van der Waals surface area contributed by atoms with Crippen LogP contribution in [0.1, 0.15) is 28.7 Å². The second kappa shape index (κ2) is 5.48. The van der Waals surface area contributed by atoms with Gasteiger partial charge in [0.2, 0.25) is 0 Å². The van der Waals surface area contributed by atoms with Crippen LogP contribution in [0.4, 0.5) is 0 Å². The summed E-state index contributed by atoms with van der Waals surface area (Å²) in [5, 5.41) is 9.90. The molecule has 3 rings (SSSR count). The topological polar surface area (TPSA) is 36.7 Å². The van der Waals surface area contributed by atoms with Crippen molar-refractivity contribution < 1.29 is 0 Å². The summed E-state index contributed by atoms with van der Waals surface area (Å²) in [6, 6.07) is 12.0. The second-order valence-electron chi connectivity index (χ2n) is 4.87. The quantitative estimate of drug-likeness (QED) is 0.773. The molecule has 1 aliphatic rings. The normalized spacial score (nSPS) is 14.4. The van der Waals surface area contributed by atoms with E-state index in [-0.39, 0.29) is 0 Å². The van der Waals surface area contributed by atoms with Crippen LogP contribution >= 0.6 is 11.6 Å². The molecular formula is C17H13ClN2. The number of pyridine rings is 1. The molecule has 0 radical (unpaired) electrons. The molecule has 0 N–H and O–H groups in total. The Morgan fingerprint density at radius 2 is 1.80 bits per heavy atom. The Bertz CT molecular complexity index is 712. The van der Waals surface area contributed by atoms with Crippen molar-refractivity contribution in [2.24, 2.45) is 0 Å². The molecule has 2 aromatic rings. The molecule has 2 nitrogen and oxygen atoms in total. The Morgan fingerprint density at radius 1 is 1.05 bits per heavy atom. The van der Waals surface area contributed by atoms with Crippen LogP contribution < -0.4 is 0 Å². The number of aryl methyl sites for hydroxylation is 2. The van der Waals surface area contributed by atoms with Crippen molar-refractivity contribution in [1.82, 2.24) is 4.98 Å². The highest BCUT2D eigenvalue weighted by Gasteiger charge is 2.14. The van der Waals surface area contributed by atoms with E-state index in [1.807, 2.05) is 6.07 Å². The third kappa shape index (κ3) is 2.33. The number of aromatic nitrogens is 1. The number of nitrogens with zero attached hydrogens (tertiary/aromatic N) is 2. The molecule has 0 unspecified atom stereocenters. The number of benzene rings is 1. The van der Waals surface area contributed by atoms with E-state index < -0.39 is 0 Å². The molecular weight excluding hydrogens is 268 g/mol. The van der Waals surface area contributed by atoms with E-state index in [1.54, 1.807) is 24.5 Å². The Kier molecular flexibility index (Phi) is 3.54. The van der Waals surface area contributed by atoms with E-state index >= 15 is 0 Å². The van der Waals surface area contributed by atoms with Crippen molar-refractivity contribution >= 4 is 22.2 Å². The van der Waals surface area contributed by atoms with Crippen LogP contribution in [0.25, 0.3) is 10.6 Å². The number of hydrogen-bond acceptors (Lipinski definition) is 2. The minimum absolute atomic E-state index is 0.493. The van der Waals surface area contributed by atoms with Gasteiger partial charge in [0.25, 0.3) is 0 Å². The van der Waals surface area contributed by atoms with Gasteiger partial charge < -0.3 is 0 Å². The van der Waals surface area contributed by atoms with Crippen LogP contribution in [0.15, 0.2) is 42.7 Å². The standard InChI is InChI=1S/C17H13ClN2/c18-17(16(11-19)13-6-8-20-9-7-13)15-5-4-12-2-1-3-14(12)10-15/h4-10H,1-3H2/b17-16-. The van der Waals surface area contributed by atoms with Gasteiger partial charge in [-0.05, 0) is 59.7 Å². The van der Waals surface area contributed by atoms with Crippen molar-refractivity contribution in [1.29, 1.82) is 5.26 Å². The summed E-state index contributed by atoms with van der Waals surface area (Å²) >= 11 is 6.45. The molecule has 1 aliphatic carbocycles. The van der Waals surface area contributed by atoms with Gasteiger partial charge in [-0.25, -0.2) is 0 Å². The summed E-state index contributed by atoms with van der Waals surface area (Å²) in [6.07, 6.45) is 6.78. The Labute approximate surface area is 123 Å². The first-order chi connectivity index (χ1) is 9.79. The molecule has 1 heterocycles. The molecule has 98 valence electrons. The number of fused-ring (bicyclic) bond motifs is 1. The molecule has 0 bridgehead atoms. The predicted octanol–water partition coefficient (Wildman–Crippen LogP) is 4.20. The van der Waals surface area contributed by atoms with Crippen LogP contribution in [-0.4, -0.2) is 4.98 Å². The van der Waals surface area contributed by atoms with E-state index in [0.29, 0.717) is 10.6 Å². The molecule has 0 aliphatic heterocycles. The van der Waals surface area contributed by atoms with Gasteiger partial charge in [0, 0.05) is 12.4 Å². The molecule has 0 fully saturated rings. The molecule has 20 heavy (non-hydrogen) atoms. The lowest BCUT2D eigenvalue weighted by atomic mass is 10.0. The fourth-order valence-electron chi connectivity index (χ4n) is 2.61. The Hall–Kier alpha value is -2.11. The molecule has 0 spiro atoms. The highest BCUT2D eigenvalue weighted by molar-refractivity contribution is 6.53. The van der Waals surface area contributed by atoms with Crippen LogP contribution in [0, 0.1) is 11.3 Å². The number of rotatable bonds is 2. The first-order valence-corrected chi connectivity index (χ1v) is 7.00. The SMILES string of the molecule is N#C/C(=C(/Cl)c1ccc2c(c1)CCC2)c1ccncc1. The van der Waals surface area contributed by atoms with Gasteiger partial charge in [-0.15, -0.1) is 0 Å². The molecule has 1 aromatic carbocycles. The van der Waals surface area contributed by atoms with Crippen LogP contribution in [0.5, 0.6) is 0 Å². The summed E-state index contributed by atoms with van der Waals surface area (Å²) in [5.41, 5.74) is 4.97. The molecule has 3 heteroatoms. The predicted molar refractivity (Wildman–Crippen MR) is 81.0 cm³/mol. The fourth-order valence-corrected chi connectivity index (χ4v) is 2.88. The van der Waals surface area contributed by atoms with Gasteiger partial charge in [-0.3, -0.25) is 4.98 Å². The second-order valence-corrected chi connectivity index (χ2v) is 5.25. The summed E-state index contributed by atoms with van der Waals surface area (Å²) in [6.45, 7) is 0. The maximum absolute atomic E-state index is 9.39. The first kappa shape index (κ1) is 12.9. The van der Waals surface area contributed by atoms with Crippen molar-refractivity contribution in [2.45, 2.75) is 19.3 Å². The highest BCUT2D eigenvalue weighted by Crippen LogP contribution is 2.32. The number of nitriles is 1. The average molecular weight is 281 g/mol. The molecule has 1 aromatic heterocycles. The lowest BCUT2D eigenvalue weighted by Gasteiger charge is -2.07. The van der Waals surface area contributed by atoms with Gasteiger partial charge in [-0.1, -0.05) is 23.7 Å². The van der Waals surface area contributed by atoms with Crippen molar-refractivity contribution in [3.8, 4) is 6.07 Å². The van der Waals surface area contributed by atoms with E-state index in [0.717, 1.165) is 24.0 Å². The fraction of sp³-hybridized carbons (Fsp3) is 0.176. The van der Waals surface area contributed by atoms with Gasteiger partial charge >= 0.3 is 0 Å². The van der Waals surface area contributed by atoms with Crippen molar-refractivity contribution in [3.05, 3.63) is 65.0 Å². The van der Waals surface area contributed by atoms with Crippen LogP contribution in [0.3, 0.4) is 0 Å². The van der Waals surface area contributed by atoms with Crippen molar-refractivity contribution in [3.63, 3.8) is 0 Å². The summed E-state index contributed by atoms with van der Waals surface area (Å²) in [7, 11) is 0. The number of halogens is 1. The maximum atomic E-state index is 9.39. The van der Waals surface area contributed by atoms with E-state index in [1.165, 1.54) is 17.5 Å². The van der Waals surface area contributed by atoms with Gasteiger partial charge in [-0.2, -0.15) is 5.26 Å². The first-order valence-electron chi connectivity index (χ1n) is 6.62. The molecule has 0 saturated carbocycles. The van der Waals surface area contributed by atoms with Crippen molar-refractivity contribution in [2.75, 3.05) is 0 Å². The summed E-state index contributed by atoms with van der Waals surface area (Å²) in [5.74, 6) is 0. The number of hydrogen-bond donors (Lipinski definition) is 0. The largest absolute Gasteiger partial charge is 0.265 e. The Balaban J connectivity index is 2.08. The van der Waals surface area contributed by atoms with Gasteiger partial charge in [0.1, 0.15) is 6.07 Å². The summed E-state index contributed by atoms with van der Waals surface area (Å²) < 4.78 is 0. The zero-order valence-electron chi connectivity index (χ0n) is 10.9. The zero-order chi connectivity index (χ0) is 13.9. The van der Waals surface area contributed by atoms with Crippen LogP contribution in [-0.2, 0) is 12.8 Å².